The van der Waals surface area contributed by atoms with E-state index in [1.165, 1.54) is 19.2 Å². The van der Waals surface area contributed by atoms with Crippen molar-refractivity contribution in [2.24, 2.45) is 0 Å². The number of nitrogens with one attached hydrogen (secondary N) is 1. The highest BCUT2D eigenvalue weighted by Crippen LogP contribution is 2.22. The van der Waals surface area contributed by atoms with Gasteiger partial charge in [0.15, 0.2) is 0 Å². The van der Waals surface area contributed by atoms with Crippen LogP contribution in [0.3, 0.4) is 0 Å². The number of nitrogens with two attached hydrogens (primary N) is 1. The molecular formula is C11H17ClN2O3S. The average molecular weight is 293 g/mol. The maximum Gasteiger partial charge on any atom is 0.242 e. The molecule has 102 valence electrons. The molecule has 0 bridgehead atoms. The standard InChI is InChI=1S/C11H17ClN2O3S/c1-3-9(7-17-2)14-18(15,16)11-6-8(12)4-5-10(11)13/h4-6,9,14H,3,7,13H2,1-2H3. The van der Waals surface area contributed by atoms with Crippen LogP contribution in [0.25, 0.3) is 0 Å². The number of hydrogen-bond acceptors (Lipinski definition) is 4. The van der Waals surface area contributed by atoms with Crippen LogP contribution in [0.5, 0.6) is 0 Å². The van der Waals surface area contributed by atoms with Crippen molar-refractivity contribution in [3.63, 3.8) is 0 Å². The lowest BCUT2D eigenvalue weighted by Gasteiger charge is -2.17. The second kappa shape index (κ2) is 6.38. The molecule has 3 N–H and O–H groups in total. The summed E-state index contributed by atoms with van der Waals surface area (Å²) >= 11 is 5.78. The molecule has 1 rings (SSSR count). The van der Waals surface area contributed by atoms with Gasteiger partial charge in [0, 0.05) is 18.2 Å². The summed E-state index contributed by atoms with van der Waals surface area (Å²) in [6, 6.07) is 4.05. The van der Waals surface area contributed by atoms with Crippen LogP contribution in [-0.2, 0) is 14.8 Å². The Kier molecular flexibility index (Phi) is 5.40. The molecule has 0 aromatic heterocycles. The van der Waals surface area contributed by atoms with E-state index >= 15 is 0 Å². The Morgan fingerprint density at radius 1 is 1.50 bits per heavy atom. The van der Waals surface area contributed by atoms with Crippen LogP contribution in [0.2, 0.25) is 5.02 Å². The molecule has 1 unspecified atom stereocenters. The zero-order chi connectivity index (χ0) is 13.8. The third-order valence-electron chi connectivity index (χ3n) is 2.45. The number of nitrogen functional groups attached to an aromatic ring is 1. The monoisotopic (exact) mass is 292 g/mol. The molecule has 0 aliphatic heterocycles. The number of rotatable bonds is 6. The lowest BCUT2D eigenvalue weighted by Crippen LogP contribution is -2.37. The van der Waals surface area contributed by atoms with Crippen molar-refractivity contribution in [3.8, 4) is 0 Å². The summed E-state index contributed by atoms with van der Waals surface area (Å²) in [5.74, 6) is 0. The molecule has 0 saturated carbocycles. The minimum atomic E-state index is -3.69. The quantitative estimate of drug-likeness (QED) is 0.781. The summed E-state index contributed by atoms with van der Waals surface area (Å²) in [5.41, 5.74) is 5.82. The van der Waals surface area contributed by atoms with Crippen LogP contribution < -0.4 is 10.5 Å². The van der Waals surface area contributed by atoms with Crippen LogP contribution in [0.15, 0.2) is 23.1 Å². The van der Waals surface area contributed by atoms with E-state index in [1.807, 2.05) is 6.92 Å². The predicted molar refractivity (Wildman–Crippen MR) is 72.1 cm³/mol. The Hall–Kier alpha value is -0.820. The van der Waals surface area contributed by atoms with Crippen molar-refractivity contribution in [2.75, 3.05) is 19.5 Å². The first kappa shape index (κ1) is 15.2. The zero-order valence-electron chi connectivity index (χ0n) is 10.3. The maximum absolute atomic E-state index is 12.1. The van der Waals surface area contributed by atoms with Crippen molar-refractivity contribution >= 4 is 27.3 Å². The number of benzene rings is 1. The van der Waals surface area contributed by atoms with E-state index in [2.05, 4.69) is 4.72 Å². The second-order valence-corrected chi connectivity index (χ2v) is 5.98. The first-order valence-electron chi connectivity index (χ1n) is 5.47. The van der Waals surface area contributed by atoms with Crippen molar-refractivity contribution in [1.82, 2.24) is 4.72 Å². The van der Waals surface area contributed by atoms with E-state index in [-0.39, 0.29) is 16.6 Å². The van der Waals surface area contributed by atoms with E-state index in [0.717, 1.165) is 0 Å². The van der Waals surface area contributed by atoms with Crippen LogP contribution in [0.1, 0.15) is 13.3 Å². The van der Waals surface area contributed by atoms with Gasteiger partial charge >= 0.3 is 0 Å². The summed E-state index contributed by atoms with van der Waals surface area (Å²) in [6.07, 6.45) is 0.619. The van der Waals surface area contributed by atoms with Gasteiger partial charge in [-0.15, -0.1) is 0 Å². The van der Waals surface area contributed by atoms with Gasteiger partial charge < -0.3 is 10.5 Å². The fraction of sp³-hybridized carbons (Fsp3) is 0.455. The molecular weight excluding hydrogens is 276 g/mol. The number of methoxy groups -OCH3 is 1. The largest absolute Gasteiger partial charge is 0.398 e. The lowest BCUT2D eigenvalue weighted by atomic mass is 10.3. The minimum absolute atomic E-state index is 0.00967. The van der Waals surface area contributed by atoms with Gasteiger partial charge in [-0.05, 0) is 24.6 Å². The van der Waals surface area contributed by atoms with Gasteiger partial charge in [0.1, 0.15) is 4.90 Å². The smallest absolute Gasteiger partial charge is 0.242 e. The molecule has 0 saturated heterocycles. The highest BCUT2D eigenvalue weighted by Gasteiger charge is 2.21. The summed E-state index contributed by atoms with van der Waals surface area (Å²) < 4.78 is 31.8. The van der Waals surface area contributed by atoms with Gasteiger partial charge in [-0.25, -0.2) is 13.1 Å². The summed E-state index contributed by atoms with van der Waals surface area (Å²) in [7, 11) is -2.17. The molecule has 1 atom stereocenters. The normalized spacial score (nSPS) is 13.5. The van der Waals surface area contributed by atoms with Gasteiger partial charge in [0.05, 0.1) is 12.3 Å². The van der Waals surface area contributed by atoms with E-state index in [9.17, 15) is 8.42 Å². The molecule has 0 radical (unpaired) electrons. The second-order valence-electron chi connectivity index (χ2n) is 3.86. The molecule has 0 aliphatic rings. The molecule has 0 amide bonds. The van der Waals surface area contributed by atoms with E-state index in [0.29, 0.717) is 18.1 Å². The number of anilines is 1. The Labute approximate surface area is 112 Å². The number of halogens is 1. The van der Waals surface area contributed by atoms with E-state index < -0.39 is 10.0 Å². The van der Waals surface area contributed by atoms with E-state index in [1.54, 1.807) is 6.07 Å². The Morgan fingerprint density at radius 3 is 2.72 bits per heavy atom. The van der Waals surface area contributed by atoms with Crippen LogP contribution >= 0.6 is 11.6 Å². The fourth-order valence-electron chi connectivity index (χ4n) is 1.46. The average Bonchev–Trinajstić information content (AvgIpc) is 2.31. The molecule has 1 aromatic rings. The van der Waals surface area contributed by atoms with Gasteiger partial charge in [-0.1, -0.05) is 18.5 Å². The number of hydrogen-bond donors (Lipinski definition) is 2. The zero-order valence-corrected chi connectivity index (χ0v) is 11.9. The van der Waals surface area contributed by atoms with Crippen molar-refractivity contribution in [1.29, 1.82) is 0 Å². The predicted octanol–water partition coefficient (Wildman–Crippen LogP) is 1.63. The molecule has 0 heterocycles. The fourth-order valence-corrected chi connectivity index (χ4v) is 3.16. The summed E-state index contributed by atoms with van der Waals surface area (Å²) in [4.78, 5) is -0.00967. The van der Waals surface area contributed by atoms with Crippen molar-refractivity contribution in [3.05, 3.63) is 23.2 Å². The van der Waals surface area contributed by atoms with Gasteiger partial charge in [-0.2, -0.15) is 0 Å². The molecule has 0 fully saturated rings. The van der Waals surface area contributed by atoms with Crippen LogP contribution in [0.4, 0.5) is 5.69 Å². The van der Waals surface area contributed by atoms with E-state index in [4.69, 9.17) is 22.1 Å². The van der Waals surface area contributed by atoms with Gasteiger partial charge in [-0.3, -0.25) is 0 Å². The SMILES string of the molecule is CCC(COC)NS(=O)(=O)c1cc(Cl)ccc1N. The summed E-state index contributed by atoms with van der Waals surface area (Å²) in [5, 5.41) is 0.323. The molecule has 7 heteroatoms. The first-order chi connectivity index (χ1) is 8.40. The first-order valence-corrected chi connectivity index (χ1v) is 7.33. The van der Waals surface area contributed by atoms with Crippen LogP contribution in [-0.4, -0.2) is 28.2 Å². The van der Waals surface area contributed by atoms with Crippen molar-refractivity contribution in [2.45, 2.75) is 24.3 Å². The number of sulfonamides is 1. The Morgan fingerprint density at radius 2 is 2.17 bits per heavy atom. The Bertz CT molecular complexity index is 505. The third kappa shape index (κ3) is 3.84. The topological polar surface area (TPSA) is 81.4 Å². The summed E-state index contributed by atoms with van der Waals surface area (Å²) in [6.45, 7) is 2.17. The Balaban J connectivity index is 3.02. The maximum atomic E-state index is 12.1. The molecule has 0 spiro atoms. The lowest BCUT2D eigenvalue weighted by molar-refractivity contribution is 0.173. The molecule has 5 nitrogen and oxygen atoms in total. The van der Waals surface area contributed by atoms with Crippen molar-refractivity contribution < 1.29 is 13.2 Å². The molecule has 18 heavy (non-hydrogen) atoms. The van der Waals surface area contributed by atoms with Gasteiger partial charge in [0.2, 0.25) is 10.0 Å². The van der Waals surface area contributed by atoms with Gasteiger partial charge in [0.25, 0.3) is 0 Å². The minimum Gasteiger partial charge on any atom is -0.398 e. The highest BCUT2D eigenvalue weighted by atomic mass is 35.5. The third-order valence-corrected chi connectivity index (χ3v) is 4.26. The van der Waals surface area contributed by atoms with Crippen LogP contribution in [0, 0.1) is 0 Å². The molecule has 0 aliphatic carbocycles. The molecule has 1 aromatic carbocycles. The number of ether oxygens (including phenoxy) is 1. The highest BCUT2D eigenvalue weighted by molar-refractivity contribution is 7.89.